The molecule has 0 amide bonds. The third-order valence-electron chi connectivity index (χ3n) is 2.53. The van der Waals surface area contributed by atoms with E-state index >= 15 is 0 Å². The highest BCUT2D eigenvalue weighted by atomic mass is 32.2. The molecule has 3 heteroatoms. The maximum absolute atomic E-state index is 11.1. The molecule has 0 spiro atoms. The summed E-state index contributed by atoms with van der Waals surface area (Å²) in [6, 6.07) is 0. The van der Waals surface area contributed by atoms with Gasteiger partial charge in [0.25, 0.3) is 0 Å². The average Bonchev–Trinajstić information content (AvgIpc) is 2.58. The van der Waals surface area contributed by atoms with Crippen molar-refractivity contribution in [2.45, 2.75) is 57.2 Å². The molecule has 1 rings (SSSR count). The Morgan fingerprint density at radius 1 is 1.21 bits per heavy atom. The first-order valence-corrected chi connectivity index (χ1v) is 6.56. The molecule has 0 fully saturated rings. The van der Waals surface area contributed by atoms with Crippen LogP contribution in [0.1, 0.15) is 51.9 Å². The molecule has 0 saturated heterocycles. The van der Waals surface area contributed by atoms with Crippen LogP contribution in [0.5, 0.6) is 0 Å². The first-order valence-electron chi connectivity index (χ1n) is 5.62. The Morgan fingerprint density at radius 3 is 2.57 bits per heavy atom. The number of hydrogen-bond acceptors (Lipinski definition) is 3. The van der Waals surface area contributed by atoms with Gasteiger partial charge in [0.1, 0.15) is 0 Å². The van der Waals surface area contributed by atoms with Crippen LogP contribution in [0.4, 0.5) is 0 Å². The summed E-state index contributed by atoms with van der Waals surface area (Å²) in [6.45, 7) is 2.23. The average molecular weight is 214 g/mol. The second-order valence-electron chi connectivity index (χ2n) is 3.79. The fourth-order valence-electron chi connectivity index (χ4n) is 1.64. The smallest absolute Gasteiger partial charge is 0.0682 e. The maximum Gasteiger partial charge on any atom is 0.0682 e. The summed E-state index contributed by atoms with van der Waals surface area (Å²) in [5.41, 5.74) is 0. The monoisotopic (exact) mass is 214 g/mol. The van der Waals surface area contributed by atoms with Gasteiger partial charge in [-0.05, 0) is 18.0 Å². The number of rotatable bonds is 7. The normalized spacial score (nSPS) is 20.7. The zero-order chi connectivity index (χ0) is 10.2. The molecule has 0 N–H and O–H groups in total. The van der Waals surface area contributed by atoms with E-state index in [1.165, 1.54) is 38.5 Å². The Bertz CT molecular complexity index is 173. The van der Waals surface area contributed by atoms with E-state index in [0.717, 1.165) is 11.5 Å². The number of unbranched alkanes of at least 4 members (excludes halogenated alkanes) is 5. The fourth-order valence-corrected chi connectivity index (χ4v) is 2.50. The lowest BCUT2D eigenvalue weighted by Crippen LogP contribution is -2.17. The second kappa shape index (κ2) is 7.18. The van der Waals surface area contributed by atoms with Crippen molar-refractivity contribution in [1.82, 2.24) is 5.06 Å². The largest absolute Gasteiger partial charge is 0.758 e. The quantitative estimate of drug-likeness (QED) is 0.597. The summed E-state index contributed by atoms with van der Waals surface area (Å²) in [4.78, 5) is 0. The van der Waals surface area contributed by atoms with Crippen LogP contribution in [-0.4, -0.2) is 10.4 Å². The molecule has 2 nitrogen and oxygen atoms in total. The van der Waals surface area contributed by atoms with Gasteiger partial charge in [-0.25, -0.2) is 0 Å². The topological polar surface area (TPSA) is 26.3 Å². The molecule has 0 aromatic heterocycles. The number of hydrogen-bond donors (Lipinski definition) is 0. The molecule has 1 atom stereocenters. The van der Waals surface area contributed by atoms with Gasteiger partial charge >= 0.3 is 0 Å². The lowest BCUT2D eigenvalue weighted by molar-refractivity contribution is 0.441. The lowest BCUT2D eigenvalue weighted by atomic mass is 10.1. The van der Waals surface area contributed by atoms with Crippen molar-refractivity contribution in [2.24, 2.45) is 0 Å². The molecule has 0 bridgehead atoms. The SMILES string of the molecule is CCCCCCCCC1SC=CN1[O-]. The van der Waals surface area contributed by atoms with Crippen LogP contribution in [0.2, 0.25) is 0 Å². The zero-order valence-corrected chi connectivity index (χ0v) is 9.76. The molecule has 1 unspecified atom stereocenters. The Hall–Kier alpha value is -0.150. The summed E-state index contributed by atoms with van der Waals surface area (Å²) in [5.74, 6) is 0. The minimum absolute atomic E-state index is 0.168. The summed E-state index contributed by atoms with van der Waals surface area (Å²) < 4.78 is 0. The molecule has 0 aromatic rings. The first-order chi connectivity index (χ1) is 6.84. The number of thioether (sulfide) groups is 1. The van der Waals surface area contributed by atoms with Crippen molar-refractivity contribution in [3.8, 4) is 0 Å². The van der Waals surface area contributed by atoms with Crippen molar-refractivity contribution < 1.29 is 0 Å². The summed E-state index contributed by atoms with van der Waals surface area (Å²) >= 11 is 1.65. The van der Waals surface area contributed by atoms with Crippen molar-refractivity contribution in [3.05, 3.63) is 16.8 Å². The predicted molar refractivity (Wildman–Crippen MR) is 63.7 cm³/mol. The van der Waals surface area contributed by atoms with Gasteiger partial charge in [-0.2, -0.15) is 0 Å². The van der Waals surface area contributed by atoms with E-state index in [0.29, 0.717) is 0 Å². The predicted octanol–water partition coefficient (Wildman–Crippen LogP) is 4.08. The third kappa shape index (κ3) is 4.38. The molecule has 0 aromatic carbocycles. The van der Waals surface area contributed by atoms with E-state index in [-0.39, 0.29) is 5.37 Å². The van der Waals surface area contributed by atoms with E-state index in [1.807, 2.05) is 5.41 Å². The number of hydroxylamine groups is 2. The lowest BCUT2D eigenvalue weighted by Gasteiger charge is -2.29. The molecule has 1 aliphatic heterocycles. The van der Waals surface area contributed by atoms with Gasteiger partial charge in [-0.15, -0.1) is 11.8 Å². The van der Waals surface area contributed by atoms with Gasteiger partial charge < -0.3 is 10.3 Å². The van der Waals surface area contributed by atoms with Gasteiger partial charge in [0.05, 0.1) is 5.37 Å². The van der Waals surface area contributed by atoms with Crippen molar-refractivity contribution >= 4 is 11.8 Å². The molecular formula is C11H20NOS-. The van der Waals surface area contributed by atoms with Crippen LogP contribution < -0.4 is 0 Å². The van der Waals surface area contributed by atoms with Gasteiger partial charge in [0.2, 0.25) is 0 Å². The van der Waals surface area contributed by atoms with Crippen molar-refractivity contribution in [3.63, 3.8) is 0 Å². The minimum atomic E-state index is 0.168. The zero-order valence-electron chi connectivity index (χ0n) is 8.95. The standard InChI is InChI=1S/C11H20NOS/c1-2-3-4-5-6-7-8-11-12(13)9-10-14-11/h9-11H,2-8H2,1H3/q-1. The first kappa shape index (κ1) is 11.9. The van der Waals surface area contributed by atoms with Crippen LogP contribution in [0.25, 0.3) is 0 Å². The highest BCUT2D eigenvalue weighted by molar-refractivity contribution is 8.02. The second-order valence-corrected chi connectivity index (χ2v) is 4.88. The van der Waals surface area contributed by atoms with Gasteiger partial charge in [-0.1, -0.05) is 45.4 Å². The molecule has 0 radical (unpaired) electrons. The Kier molecular flexibility index (Phi) is 6.12. The summed E-state index contributed by atoms with van der Waals surface area (Å²) in [5, 5.41) is 14.3. The Morgan fingerprint density at radius 2 is 1.93 bits per heavy atom. The van der Waals surface area contributed by atoms with Gasteiger partial charge in [-0.3, -0.25) is 0 Å². The summed E-state index contributed by atoms with van der Waals surface area (Å²) in [7, 11) is 0. The molecule has 1 heterocycles. The van der Waals surface area contributed by atoms with E-state index in [9.17, 15) is 5.21 Å². The fraction of sp³-hybridized carbons (Fsp3) is 0.818. The number of nitrogens with zero attached hydrogens (tertiary/aromatic N) is 1. The van der Waals surface area contributed by atoms with Crippen molar-refractivity contribution in [2.75, 3.05) is 0 Å². The molecular weight excluding hydrogens is 194 g/mol. The van der Waals surface area contributed by atoms with E-state index in [1.54, 1.807) is 18.0 Å². The highest BCUT2D eigenvalue weighted by Crippen LogP contribution is 2.28. The van der Waals surface area contributed by atoms with E-state index < -0.39 is 0 Å². The van der Waals surface area contributed by atoms with E-state index in [4.69, 9.17) is 0 Å². The van der Waals surface area contributed by atoms with Gasteiger partial charge in [0, 0.05) is 0 Å². The Labute approximate surface area is 91.3 Å². The molecule has 0 aliphatic carbocycles. The minimum Gasteiger partial charge on any atom is -0.758 e. The molecule has 14 heavy (non-hydrogen) atoms. The third-order valence-corrected chi connectivity index (χ3v) is 3.57. The van der Waals surface area contributed by atoms with Crippen LogP contribution in [-0.2, 0) is 0 Å². The molecule has 0 saturated carbocycles. The maximum atomic E-state index is 11.1. The van der Waals surface area contributed by atoms with E-state index in [2.05, 4.69) is 6.92 Å². The van der Waals surface area contributed by atoms with Crippen LogP contribution in [0, 0.1) is 5.21 Å². The molecule has 1 aliphatic rings. The van der Waals surface area contributed by atoms with Crippen molar-refractivity contribution in [1.29, 1.82) is 0 Å². The van der Waals surface area contributed by atoms with Gasteiger partial charge in [0.15, 0.2) is 0 Å². The highest BCUT2D eigenvalue weighted by Gasteiger charge is 2.11. The van der Waals surface area contributed by atoms with Crippen LogP contribution >= 0.6 is 11.8 Å². The summed E-state index contributed by atoms with van der Waals surface area (Å²) in [6.07, 6.45) is 10.5. The van der Waals surface area contributed by atoms with Crippen LogP contribution in [0.3, 0.4) is 0 Å². The molecule has 82 valence electrons. The van der Waals surface area contributed by atoms with Crippen LogP contribution in [0.15, 0.2) is 11.6 Å². The Balaban J connectivity index is 1.89.